The molecule has 5 rings (SSSR count). The Kier molecular flexibility index (Phi) is 4.80. The smallest absolute Gasteiger partial charge is 0.161 e. The van der Waals surface area contributed by atoms with Gasteiger partial charge in [-0.25, -0.2) is 14.6 Å². The highest BCUT2D eigenvalue weighted by atomic mass is 16.5. The first kappa shape index (κ1) is 18.8. The van der Waals surface area contributed by atoms with Gasteiger partial charge in [0.25, 0.3) is 0 Å². The van der Waals surface area contributed by atoms with Gasteiger partial charge < -0.3 is 9.47 Å². The van der Waals surface area contributed by atoms with Gasteiger partial charge >= 0.3 is 0 Å². The standard InChI is InChI=1S/C25H20N4O2/c1-30-23-11-7-19(15-24(23)31-2)18-6-10-22-21(14-18)25(27-16-26-22)17-4-8-20(9-5-17)29-13-3-12-28-29/h3-16H,1-2H3. The lowest BCUT2D eigenvalue weighted by atomic mass is 10.00. The zero-order valence-electron chi connectivity index (χ0n) is 17.2. The molecule has 31 heavy (non-hydrogen) atoms. The Labute approximate surface area is 179 Å². The quantitative estimate of drug-likeness (QED) is 0.402. The molecular weight excluding hydrogens is 388 g/mol. The summed E-state index contributed by atoms with van der Waals surface area (Å²) in [6, 6.07) is 22.2. The summed E-state index contributed by atoms with van der Waals surface area (Å²) in [4.78, 5) is 9.04. The molecule has 3 aromatic carbocycles. The fourth-order valence-corrected chi connectivity index (χ4v) is 3.68. The second-order valence-electron chi connectivity index (χ2n) is 7.02. The van der Waals surface area contributed by atoms with Gasteiger partial charge in [-0.05, 0) is 53.6 Å². The minimum absolute atomic E-state index is 0.693. The number of hydrogen-bond donors (Lipinski definition) is 0. The number of hydrogen-bond acceptors (Lipinski definition) is 5. The van der Waals surface area contributed by atoms with Crippen molar-refractivity contribution >= 4 is 10.9 Å². The molecule has 152 valence electrons. The van der Waals surface area contributed by atoms with Gasteiger partial charge in [0.15, 0.2) is 11.5 Å². The van der Waals surface area contributed by atoms with Gasteiger partial charge in [0.2, 0.25) is 0 Å². The molecule has 0 aliphatic rings. The Bertz CT molecular complexity index is 1350. The fourth-order valence-electron chi connectivity index (χ4n) is 3.68. The van der Waals surface area contributed by atoms with Crippen LogP contribution < -0.4 is 9.47 Å². The highest BCUT2D eigenvalue weighted by Crippen LogP contribution is 2.34. The molecule has 0 fully saturated rings. The molecule has 5 aromatic rings. The van der Waals surface area contributed by atoms with E-state index in [2.05, 4.69) is 39.3 Å². The second-order valence-corrected chi connectivity index (χ2v) is 7.02. The van der Waals surface area contributed by atoms with E-state index in [0.29, 0.717) is 11.5 Å². The van der Waals surface area contributed by atoms with Crippen LogP contribution in [0, 0.1) is 0 Å². The van der Waals surface area contributed by atoms with Crippen LogP contribution in [-0.2, 0) is 0 Å². The van der Waals surface area contributed by atoms with Gasteiger partial charge in [-0.2, -0.15) is 5.10 Å². The normalized spacial score (nSPS) is 10.9. The lowest BCUT2D eigenvalue weighted by Crippen LogP contribution is -1.94. The van der Waals surface area contributed by atoms with E-state index in [1.807, 2.05) is 53.3 Å². The number of fused-ring (bicyclic) bond motifs is 1. The molecule has 0 spiro atoms. The fraction of sp³-hybridized carbons (Fsp3) is 0.0800. The van der Waals surface area contributed by atoms with Crippen molar-refractivity contribution in [2.75, 3.05) is 14.2 Å². The van der Waals surface area contributed by atoms with Crippen molar-refractivity contribution < 1.29 is 9.47 Å². The Morgan fingerprint density at radius 1 is 0.742 bits per heavy atom. The van der Waals surface area contributed by atoms with E-state index >= 15 is 0 Å². The van der Waals surface area contributed by atoms with Gasteiger partial charge in [0, 0.05) is 23.3 Å². The van der Waals surface area contributed by atoms with Crippen molar-refractivity contribution in [2.24, 2.45) is 0 Å². The molecule has 0 aliphatic heterocycles. The third-order valence-electron chi connectivity index (χ3n) is 5.26. The van der Waals surface area contributed by atoms with Crippen molar-refractivity contribution in [3.63, 3.8) is 0 Å². The molecule has 0 amide bonds. The van der Waals surface area contributed by atoms with Crippen molar-refractivity contribution in [3.8, 4) is 39.6 Å². The van der Waals surface area contributed by atoms with E-state index in [0.717, 1.165) is 39.0 Å². The van der Waals surface area contributed by atoms with E-state index in [9.17, 15) is 0 Å². The Hall–Kier alpha value is -4.19. The first-order valence-corrected chi connectivity index (χ1v) is 9.84. The number of benzene rings is 3. The predicted molar refractivity (Wildman–Crippen MR) is 121 cm³/mol. The molecule has 0 radical (unpaired) electrons. The average molecular weight is 408 g/mol. The summed E-state index contributed by atoms with van der Waals surface area (Å²) in [6.45, 7) is 0. The van der Waals surface area contributed by atoms with Crippen LogP contribution in [0.2, 0.25) is 0 Å². The summed E-state index contributed by atoms with van der Waals surface area (Å²) in [5, 5.41) is 5.27. The minimum Gasteiger partial charge on any atom is -0.493 e. The summed E-state index contributed by atoms with van der Waals surface area (Å²) in [5.41, 5.74) is 5.89. The van der Waals surface area contributed by atoms with Gasteiger partial charge in [-0.3, -0.25) is 0 Å². The molecule has 0 atom stereocenters. The van der Waals surface area contributed by atoms with Gasteiger partial charge in [-0.1, -0.05) is 24.3 Å². The topological polar surface area (TPSA) is 62.1 Å². The van der Waals surface area contributed by atoms with Crippen LogP contribution >= 0.6 is 0 Å². The highest BCUT2D eigenvalue weighted by molar-refractivity contribution is 5.95. The van der Waals surface area contributed by atoms with Crippen LogP contribution in [0.4, 0.5) is 0 Å². The van der Waals surface area contributed by atoms with E-state index in [1.165, 1.54) is 0 Å². The van der Waals surface area contributed by atoms with Gasteiger partial charge in [-0.15, -0.1) is 0 Å². The molecular formula is C25H20N4O2. The lowest BCUT2D eigenvalue weighted by molar-refractivity contribution is 0.355. The summed E-state index contributed by atoms with van der Waals surface area (Å²) in [5.74, 6) is 1.40. The molecule has 0 unspecified atom stereocenters. The second kappa shape index (κ2) is 7.91. The van der Waals surface area contributed by atoms with Gasteiger partial charge in [0.1, 0.15) is 6.33 Å². The molecule has 6 heteroatoms. The van der Waals surface area contributed by atoms with Crippen molar-refractivity contribution in [1.82, 2.24) is 19.7 Å². The third-order valence-corrected chi connectivity index (χ3v) is 5.26. The van der Waals surface area contributed by atoms with Crippen molar-refractivity contribution in [3.05, 3.63) is 85.5 Å². The maximum Gasteiger partial charge on any atom is 0.161 e. The summed E-state index contributed by atoms with van der Waals surface area (Å²) in [6.07, 6.45) is 5.29. The van der Waals surface area contributed by atoms with E-state index in [4.69, 9.17) is 9.47 Å². The third kappa shape index (κ3) is 3.48. The molecule has 0 bridgehead atoms. The number of rotatable bonds is 5. The molecule has 2 heterocycles. The Balaban J connectivity index is 1.59. The Morgan fingerprint density at radius 2 is 1.48 bits per heavy atom. The first-order chi connectivity index (χ1) is 15.3. The number of ether oxygens (including phenoxy) is 2. The van der Waals surface area contributed by atoms with E-state index in [-0.39, 0.29) is 0 Å². The van der Waals surface area contributed by atoms with Crippen LogP contribution in [0.25, 0.3) is 39.0 Å². The minimum atomic E-state index is 0.693. The number of methoxy groups -OCH3 is 2. The van der Waals surface area contributed by atoms with E-state index in [1.54, 1.807) is 26.7 Å². The number of aromatic nitrogens is 4. The first-order valence-electron chi connectivity index (χ1n) is 9.84. The lowest BCUT2D eigenvalue weighted by Gasteiger charge is -2.11. The molecule has 6 nitrogen and oxygen atoms in total. The largest absolute Gasteiger partial charge is 0.493 e. The monoisotopic (exact) mass is 408 g/mol. The summed E-state index contributed by atoms with van der Waals surface area (Å²) >= 11 is 0. The van der Waals surface area contributed by atoms with Crippen molar-refractivity contribution in [1.29, 1.82) is 0 Å². The van der Waals surface area contributed by atoms with Crippen LogP contribution in [-0.4, -0.2) is 34.0 Å². The zero-order valence-corrected chi connectivity index (χ0v) is 17.2. The maximum atomic E-state index is 5.46. The van der Waals surface area contributed by atoms with Crippen LogP contribution in [0.1, 0.15) is 0 Å². The molecule has 0 saturated heterocycles. The molecule has 0 N–H and O–H groups in total. The average Bonchev–Trinajstić information content (AvgIpc) is 3.38. The molecule has 0 saturated carbocycles. The highest BCUT2D eigenvalue weighted by Gasteiger charge is 2.11. The summed E-state index contributed by atoms with van der Waals surface area (Å²) in [7, 11) is 3.27. The maximum absolute atomic E-state index is 5.46. The summed E-state index contributed by atoms with van der Waals surface area (Å²) < 4.78 is 12.7. The zero-order chi connectivity index (χ0) is 21.2. The Morgan fingerprint density at radius 3 is 2.23 bits per heavy atom. The number of nitrogens with zero attached hydrogens (tertiary/aromatic N) is 4. The predicted octanol–water partition coefficient (Wildman–Crippen LogP) is 5.17. The van der Waals surface area contributed by atoms with E-state index < -0.39 is 0 Å². The SMILES string of the molecule is COc1ccc(-c2ccc3ncnc(-c4ccc(-n5cccn5)cc4)c3c2)cc1OC. The molecule has 2 aromatic heterocycles. The van der Waals surface area contributed by atoms with Crippen molar-refractivity contribution in [2.45, 2.75) is 0 Å². The van der Waals surface area contributed by atoms with Gasteiger partial charge in [0.05, 0.1) is 31.1 Å². The van der Waals surface area contributed by atoms with Crippen LogP contribution in [0.5, 0.6) is 11.5 Å². The molecule has 0 aliphatic carbocycles. The van der Waals surface area contributed by atoms with Crippen LogP contribution in [0.15, 0.2) is 85.5 Å². The van der Waals surface area contributed by atoms with Crippen LogP contribution in [0.3, 0.4) is 0 Å².